The van der Waals surface area contributed by atoms with Gasteiger partial charge in [0.25, 0.3) is 5.56 Å². The number of carbonyl (C=O) groups is 2. The Morgan fingerprint density at radius 3 is 2.83 bits per heavy atom. The SMILES string of the molecule is CCOC(=O)n1[nH]c2ncc(C(C)=O)cc2c1=O. The number of ketones is 1. The first kappa shape index (κ1) is 12.0. The minimum atomic E-state index is -0.801. The minimum absolute atomic E-state index is 0.159. The molecule has 0 saturated heterocycles. The molecular weight excluding hydrogens is 238 g/mol. The van der Waals surface area contributed by atoms with Crippen LogP contribution in [0.4, 0.5) is 4.79 Å². The van der Waals surface area contributed by atoms with Crippen LogP contribution in [0.1, 0.15) is 24.2 Å². The first-order chi connectivity index (χ1) is 8.54. The number of hydrogen-bond donors (Lipinski definition) is 1. The second-order valence-corrected chi connectivity index (χ2v) is 3.63. The first-order valence-corrected chi connectivity index (χ1v) is 5.33. The summed E-state index contributed by atoms with van der Waals surface area (Å²) in [4.78, 5) is 38.5. The standard InChI is InChI=1S/C11H11N3O4/c1-3-18-11(17)14-10(16)8-4-7(6(2)15)5-12-9(8)13-14/h4-5H,3H2,1-2H3,(H,12,13). The van der Waals surface area contributed by atoms with Gasteiger partial charge in [-0.25, -0.2) is 9.78 Å². The molecule has 0 aromatic carbocycles. The second-order valence-electron chi connectivity index (χ2n) is 3.63. The summed E-state index contributed by atoms with van der Waals surface area (Å²) in [6, 6.07) is 1.40. The fourth-order valence-electron chi connectivity index (χ4n) is 1.50. The molecule has 18 heavy (non-hydrogen) atoms. The lowest BCUT2D eigenvalue weighted by Crippen LogP contribution is -2.25. The van der Waals surface area contributed by atoms with Gasteiger partial charge in [0, 0.05) is 11.8 Å². The molecule has 2 aromatic heterocycles. The van der Waals surface area contributed by atoms with E-state index in [-0.39, 0.29) is 23.4 Å². The highest BCUT2D eigenvalue weighted by atomic mass is 16.6. The van der Waals surface area contributed by atoms with Crippen LogP contribution >= 0.6 is 0 Å². The lowest BCUT2D eigenvalue weighted by atomic mass is 10.2. The Morgan fingerprint density at radius 1 is 1.50 bits per heavy atom. The molecule has 0 aliphatic carbocycles. The maximum absolute atomic E-state index is 11.9. The largest absolute Gasteiger partial charge is 0.448 e. The number of aromatic amines is 1. The van der Waals surface area contributed by atoms with E-state index >= 15 is 0 Å². The Labute approximate surface area is 101 Å². The van der Waals surface area contributed by atoms with E-state index in [1.807, 2.05) is 0 Å². The number of pyridine rings is 1. The molecule has 7 nitrogen and oxygen atoms in total. The lowest BCUT2D eigenvalue weighted by Gasteiger charge is -1.98. The Hall–Kier alpha value is -2.44. The number of carbonyl (C=O) groups excluding carboxylic acids is 2. The van der Waals surface area contributed by atoms with Crippen molar-refractivity contribution >= 4 is 22.9 Å². The molecule has 2 aromatic rings. The Balaban J connectivity index is 2.60. The number of ether oxygens (including phenoxy) is 1. The molecule has 7 heteroatoms. The van der Waals surface area contributed by atoms with Crippen molar-refractivity contribution in [1.82, 2.24) is 14.8 Å². The van der Waals surface area contributed by atoms with Crippen molar-refractivity contribution in [3.05, 3.63) is 28.2 Å². The van der Waals surface area contributed by atoms with E-state index in [4.69, 9.17) is 4.74 Å². The first-order valence-electron chi connectivity index (χ1n) is 5.33. The van der Waals surface area contributed by atoms with E-state index in [9.17, 15) is 14.4 Å². The zero-order valence-corrected chi connectivity index (χ0v) is 9.89. The number of Topliss-reactive ketones (excluding diaryl/α,β-unsaturated/α-hetero) is 1. The quantitative estimate of drug-likeness (QED) is 0.799. The summed E-state index contributed by atoms with van der Waals surface area (Å²) in [6.07, 6.45) is 0.542. The average molecular weight is 249 g/mol. The van der Waals surface area contributed by atoms with E-state index in [1.54, 1.807) is 6.92 Å². The maximum atomic E-state index is 11.9. The van der Waals surface area contributed by atoms with Crippen molar-refractivity contribution in [2.45, 2.75) is 13.8 Å². The molecule has 0 atom stereocenters. The molecule has 2 rings (SSSR count). The number of hydrogen-bond acceptors (Lipinski definition) is 5. The van der Waals surface area contributed by atoms with Crippen LogP contribution in [0, 0.1) is 0 Å². The summed E-state index contributed by atoms with van der Waals surface area (Å²) in [5, 5.41) is 2.70. The summed E-state index contributed by atoms with van der Waals surface area (Å²) >= 11 is 0. The predicted octanol–water partition coefficient (Wildman–Crippen LogP) is 0.932. The van der Waals surface area contributed by atoms with Gasteiger partial charge in [0.15, 0.2) is 11.4 Å². The smallest absolute Gasteiger partial charge is 0.436 e. The lowest BCUT2D eigenvalue weighted by molar-refractivity contribution is 0.101. The molecular formula is C11H11N3O4. The summed E-state index contributed by atoms with van der Waals surface area (Å²) in [6.45, 7) is 3.17. The second kappa shape index (κ2) is 4.44. The van der Waals surface area contributed by atoms with Crippen molar-refractivity contribution in [2.75, 3.05) is 6.61 Å². The van der Waals surface area contributed by atoms with Gasteiger partial charge in [-0.2, -0.15) is 0 Å². The molecule has 0 radical (unpaired) electrons. The van der Waals surface area contributed by atoms with Crippen molar-refractivity contribution < 1.29 is 14.3 Å². The van der Waals surface area contributed by atoms with Crippen LogP contribution in [-0.4, -0.2) is 33.2 Å². The van der Waals surface area contributed by atoms with Crippen LogP contribution in [0.3, 0.4) is 0 Å². The Bertz CT molecular complexity index is 683. The van der Waals surface area contributed by atoms with Gasteiger partial charge >= 0.3 is 6.09 Å². The molecule has 1 N–H and O–H groups in total. The molecule has 94 valence electrons. The van der Waals surface area contributed by atoms with Crippen LogP contribution in [0.25, 0.3) is 11.0 Å². The van der Waals surface area contributed by atoms with Crippen molar-refractivity contribution in [3.8, 4) is 0 Å². The van der Waals surface area contributed by atoms with E-state index in [0.717, 1.165) is 4.68 Å². The van der Waals surface area contributed by atoms with E-state index in [0.29, 0.717) is 5.56 Å². The van der Waals surface area contributed by atoms with Gasteiger partial charge in [-0.3, -0.25) is 14.7 Å². The van der Waals surface area contributed by atoms with Gasteiger partial charge in [-0.1, -0.05) is 0 Å². The van der Waals surface area contributed by atoms with Gasteiger partial charge in [-0.05, 0) is 19.9 Å². The minimum Gasteiger partial charge on any atom is -0.448 e. The van der Waals surface area contributed by atoms with E-state index in [2.05, 4.69) is 10.1 Å². The molecule has 0 bridgehead atoms. The van der Waals surface area contributed by atoms with Crippen molar-refractivity contribution in [2.24, 2.45) is 0 Å². The van der Waals surface area contributed by atoms with Gasteiger partial charge in [0.1, 0.15) is 0 Å². The number of H-pyrrole nitrogens is 1. The zero-order chi connectivity index (χ0) is 13.3. The molecule has 0 spiro atoms. The zero-order valence-electron chi connectivity index (χ0n) is 9.89. The molecule has 2 heterocycles. The normalized spacial score (nSPS) is 10.6. The number of nitrogens with one attached hydrogen (secondary N) is 1. The van der Waals surface area contributed by atoms with E-state index in [1.165, 1.54) is 19.2 Å². The fourth-order valence-corrected chi connectivity index (χ4v) is 1.50. The van der Waals surface area contributed by atoms with E-state index < -0.39 is 11.7 Å². The number of nitrogens with zero attached hydrogens (tertiary/aromatic N) is 2. The highest BCUT2D eigenvalue weighted by Crippen LogP contribution is 2.08. The summed E-state index contributed by atoms with van der Waals surface area (Å²) in [7, 11) is 0. The van der Waals surface area contributed by atoms with Crippen molar-refractivity contribution in [3.63, 3.8) is 0 Å². The number of fused-ring (bicyclic) bond motifs is 1. The summed E-state index contributed by atoms with van der Waals surface area (Å²) in [5.41, 5.74) is -0.0355. The highest BCUT2D eigenvalue weighted by molar-refractivity contribution is 5.96. The molecule has 0 saturated carbocycles. The third-order valence-electron chi connectivity index (χ3n) is 2.40. The monoisotopic (exact) mass is 249 g/mol. The molecule has 0 amide bonds. The average Bonchev–Trinajstić information content (AvgIpc) is 2.67. The van der Waals surface area contributed by atoms with Crippen LogP contribution in [0.5, 0.6) is 0 Å². The van der Waals surface area contributed by atoms with Crippen LogP contribution in [-0.2, 0) is 4.74 Å². The van der Waals surface area contributed by atoms with Gasteiger partial charge in [0.05, 0.1) is 12.0 Å². The third-order valence-corrected chi connectivity index (χ3v) is 2.40. The van der Waals surface area contributed by atoms with Crippen LogP contribution in [0.15, 0.2) is 17.1 Å². The third kappa shape index (κ3) is 1.90. The van der Waals surface area contributed by atoms with Crippen LogP contribution in [0.2, 0.25) is 0 Å². The van der Waals surface area contributed by atoms with Gasteiger partial charge in [-0.15, -0.1) is 4.68 Å². The van der Waals surface area contributed by atoms with Crippen molar-refractivity contribution in [1.29, 1.82) is 0 Å². The van der Waals surface area contributed by atoms with Gasteiger partial charge < -0.3 is 4.74 Å². The summed E-state index contributed by atoms with van der Waals surface area (Å²) < 4.78 is 5.44. The highest BCUT2D eigenvalue weighted by Gasteiger charge is 2.15. The number of rotatable bonds is 2. The van der Waals surface area contributed by atoms with Gasteiger partial charge in [0.2, 0.25) is 0 Å². The molecule has 0 unspecified atom stereocenters. The molecule has 0 aliphatic rings. The Morgan fingerprint density at radius 2 is 2.22 bits per heavy atom. The fraction of sp³-hybridized carbons (Fsp3) is 0.273. The Kier molecular flexibility index (Phi) is 2.97. The maximum Gasteiger partial charge on any atom is 0.436 e. The number of aromatic nitrogens is 3. The molecule has 0 fully saturated rings. The topological polar surface area (TPSA) is 94.0 Å². The summed E-state index contributed by atoms with van der Waals surface area (Å²) in [5.74, 6) is -0.201. The molecule has 0 aliphatic heterocycles. The van der Waals surface area contributed by atoms with Crippen LogP contribution < -0.4 is 5.56 Å². The predicted molar refractivity (Wildman–Crippen MR) is 62.8 cm³/mol.